The lowest BCUT2D eigenvalue weighted by Gasteiger charge is -2.04. The number of carbonyl (C=O) groups excluding carboxylic acids is 2. The van der Waals surface area contributed by atoms with Crippen molar-refractivity contribution < 1.29 is 14.3 Å². The quantitative estimate of drug-likeness (QED) is 0.874. The van der Waals surface area contributed by atoms with E-state index < -0.39 is 6.09 Å². The lowest BCUT2D eigenvalue weighted by molar-refractivity contribution is -0.120. The smallest absolute Gasteiger partial charge is 0.413 e. The molecule has 0 atom stereocenters. The van der Waals surface area contributed by atoms with Crippen LogP contribution in [0.4, 0.5) is 9.93 Å². The lowest BCUT2D eigenvalue weighted by atomic mass is 10.3. The van der Waals surface area contributed by atoms with Gasteiger partial charge in [-0.05, 0) is 6.07 Å². The van der Waals surface area contributed by atoms with Crippen molar-refractivity contribution in [2.24, 2.45) is 0 Å². The summed E-state index contributed by atoms with van der Waals surface area (Å²) < 4.78 is 5.04. The minimum absolute atomic E-state index is 0.133. The van der Waals surface area contributed by atoms with Crippen LogP contribution < -0.4 is 10.6 Å². The second-order valence-electron chi connectivity index (χ2n) is 4.06. The number of likely N-dealkylation sites (N-methyl/N-ethyl adjacent to an activating group) is 1. The fourth-order valence-electron chi connectivity index (χ4n) is 1.45. The first-order valence-electron chi connectivity index (χ1n) is 6.15. The number of aromatic nitrogens is 2. The Morgan fingerprint density at radius 1 is 1.43 bits per heavy atom. The molecular formula is C13H14N4O3S. The van der Waals surface area contributed by atoms with Crippen LogP contribution in [0.1, 0.15) is 11.3 Å². The van der Waals surface area contributed by atoms with E-state index in [1.165, 1.54) is 11.3 Å². The van der Waals surface area contributed by atoms with E-state index in [-0.39, 0.29) is 18.9 Å². The highest BCUT2D eigenvalue weighted by atomic mass is 32.1. The molecule has 0 spiro atoms. The number of hydrogen-bond acceptors (Lipinski definition) is 6. The highest BCUT2D eigenvalue weighted by Crippen LogP contribution is 2.16. The summed E-state index contributed by atoms with van der Waals surface area (Å²) in [6, 6.07) is 3.58. The first-order chi connectivity index (χ1) is 10.2. The first kappa shape index (κ1) is 14.9. The van der Waals surface area contributed by atoms with Crippen molar-refractivity contribution in [2.75, 3.05) is 12.4 Å². The number of carbonyl (C=O) groups is 2. The number of rotatable bonds is 5. The zero-order valence-electron chi connectivity index (χ0n) is 11.3. The van der Waals surface area contributed by atoms with E-state index in [0.29, 0.717) is 10.8 Å². The van der Waals surface area contributed by atoms with Crippen LogP contribution in [0.5, 0.6) is 0 Å². The molecule has 2 rings (SSSR count). The van der Waals surface area contributed by atoms with Gasteiger partial charge in [-0.1, -0.05) is 6.07 Å². The molecule has 0 aliphatic heterocycles. The third-order valence-corrected chi connectivity index (χ3v) is 3.28. The molecular weight excluding hydrogens is 292 g/mol. The number of nitrogens with one attached hydrogen (secondary N) is 2. The van der Waals surface area contributed by atoms with Crippen LogP contribution in [0.15, 0.2) is 29.9 Å². The Morgan fingerprint density at radius 2 is 2.29 bits per heavy atom. The Labute approximate surface area is 125 Å². The molecule has 2 aromatic heterocycles. The second-order valence-corrected chi connectivity index (χ2v) is 4.91. The zero-order valence-corrected chi connectivity index (χ0v) is 12.1. The molecule has 0 saturated heterocycles. The fraction of sp³-hybridized carbons (Fsp3) is 0.231. The normalized spacial score (nSPS) is 9.95. The topological polar surface area (TPSA) is 93.2 Å². The van der Waals surface area contributed by atoms with Crippen LogP contribution in [0, 0.1) is 0 Å². The molecule has 2 heterocycles. The third kappa shape index (κ3) is 4.84. The number of ether oxygens (including phenoxy) is 1. The van der Waals surface area contributed by atoms with E-state index in [4.69, 9.17) is 4.74 Å². The van der Waals surface area contributed by atoms with Crippen LogP contribution in [-0.2, 0) is 22.6 Å². The standard InChI is InChI=1S/C13H14N4O3S/c1-14-11(18)5-10-8-21-12(16-10)17-13(19)20-7-9-3-2-4-15-6-9/h2-4,6,8H,5,7H2,1H3,(H,14,18)(H,16,17,19). The number of amides is 2. The second kappa shape index (κ2) is 7.34. The van der Waals surface area contributed by atoms with E-state index >= 15 is 0 Å². The molecule has 0 aromatic carbocycles. The summed E-state index contributed by atoms with van der Waals surface area (Å²) in [5, 5.41) is 7.14. The minimum atomic E-state index is -0.598. The number of anilines is 1. The molecule has 2 N–H and O–H groups in total. The van der Waals surface area contributed by atoms with Gasteiger partial charge < -0.3 is 10.1 Å². The van der Waals surface area contributed by atoms with Crippen molar-refractivity contribution in [3.05, 3.63) is 41.2 Å². The van der Waals surface area contributed by atoms with Gasteiger partial charge in [0.15, 0.2) is 5.13 Å². The highest BCUT2D eigenvalue weighted by molar-refractivity contribution is 7.13. The number of hydrogen-bond donors (Lipinski definition) is 2. The van der Waals surface area contributed by atoms with E-state index in [1.807, 2.05) is 6.07 Å². The largest absolute Gasteiger partial charge is 0.444 e. The Morgan fingerprint density at radius 3 is 3.00 bits per heavy atom. The Bertz CT molecular complexity index is 615. The predicted octanol–water partition coefficient (Wildman–Crippen LogP) is 1.58. The van der Waals surface area contributed by atoms with Crippen LogP contribution in [0.25, 0.3) is 0 Å². The zero-order chi connectivity index (χ0) is 15.1. The van der Waals surface area contributed by atoms with Gasteiger partial charge in [-0.15, -0.1) is 11.3 Å². The van der Waals surface area contributed by atoms with Crippen LogP contribution in [0.3, 0.4) is 0 Å². The molecule has 0 unspecified atom stereocenters. The minimum Gasteiger partial charge on any atom is -0.444 e. The molecule has 0 bridgehead atoms. The third-order valence-electron chi connectivity index (χ3n) is 2.47. The maximum Gasteiger partial charge on any atom is 0.413 e. The molecule has 2 amide bonds. The molecule has 110 valence electrons. The van der Waals surface area contributed by atoms with Crippen LogP contribution in [0.2, 0.25) is 0 Å². The molecule has 0 aliphatic carbocycles. The van der Waals surface area contributed by atoms with Crippen LogP contribution in [-0.4, -0.2) is 29.0 Å². The Kier molecular flexibility index (Phi) is 5.22. The van der Waals surface area contributed by atoms with Gasteiger partial charge in [0.05, 0.1) is 12.1 Å². The molecule has 0 aliphatic rings. The summed E-state index contributed by atoms with van der Waals surface area (Å²) >= 11 is 1.24. The average Bonchev–Trinajstić information content (AvgIpc) is 2.93. The number of thiazole rings is 1. The van der Waals surface area contributed by atoms with Crippen molar-refractivity contribution in [1.29, 1.82) is 0 Å². The van der Waals surface area contributed by atoms with Crippen molar-refractivity contribution in [1.82, 2.24) is 15.3 Å². The SMILES string of the molecule is CNC(=O)Cc1csc(NC(=O)OCc2cccnc2)n1. The molecule has 2 aromatic rings. The van der Waals surface area contributed by atoms with Crippen molar-refractivity contribution in [3.8, 4) is 0 Å². The van der Waals surface area contributed by atoms with Gasteiger partial charge in [-0.25, -0.2) is 9.78 Å². The lowest BCUT2D eigenvalue weighted by Crippen LogP contribution is -2.20. The maximum absolute atomic E-state index is 11.6. The molecule has 0 radical (unpaired) electrons. The van der Waals surface area contributed by atoms with Gasteiger partial charge >= 0.3 is 6.09 Å². The molecule has 7 nitrogen and oxygen atoms in total. The Hall–Kier alpha value is -2.48. The fourth-order valence-corrected chi connectivity index (χ4v) is 2.15. The van der Waals surface area contributed by atoms with Gasteiger partial charge in [0.2, 0.25) is 5.91 Å². The van der Waals surface area contributed by atoms with Gasteiger partial charge in [0, 0.05) is 30.4 Å². The molecule has 0 fully saturated rings. The van der Waals surface area contributed by atoms with E-state index in [0.717, 1.165) is 5.56 Å². The predicted molar refractivity (Wildman–Crippen MR) is 77.9 cm³/mol. The Balaban J connectivity index is 1.81. The molecule has 21 heavy (non-hydrogen) atoms. The summed E-state index contributed by atoms with van der Waals surface area (Å²) in [6.45, 7) is 0.135. The van der Waals surface area contributed by atoms with Crippen molar-refractivity contribution in [2.45, 2.75) is 13.0 Å². The van der Waals surface area contributed by atoms with E-state index in [9.17, 15) is 9.59 Å². The molecule has 0 saturated carbocycles. The van der Waals surface area contributed by atoms with Gasteiger partial charge in [0.1, 0.15) is 6.61 Å². The summed E-state index contributed by atoms with van der Waals surface area (Å²) in [5.41, 5.74) is 1.40. The van der Waals surface area contributed by atoms with Crippen molar-refractivity contribution >= 4 is 28.5 Å². The van der Waals surface area contributed by atoms with Gasteiger partial charge in [0.25, 0.3) is 0 Å². The highest BCUT2D eigenvalue weighted by Gasteiger charge is 2.09. The summed E-state index contributed by atoms with van der Waals surface area (Å²) in [7, 11) is 1.56. The van der Waals surface area contributed by atoms with Crippen LogP contribution >= 0.6 is 11.3 Å². The first-order valence-corrected chi connectivity index (χ1v) is 7.03. The molecule has 8 heteroatoms. The van der Waals surface area contributed by atoms with E-state index in [2.05, 4.69) is 20.6 Å². The summed E-state index contributed by atoms with van der Waals surface area (Å²) in [5.74, 6) is -0.133. The average molecular weight is 306 g/mol. The van der Waals surface area contributed by atoms with Gasteiger partial charge in [-0.3, -0.25) is 15.1 Å². The number of pyridine rings is 1. The monoisotopic (exact) mass is 306 g/mol. The maximum atomic E-state index is 11.6. The van der Waals surface area contributed by atoms with Crippen molar-refractivity contribution in [3.63, 3.8) is 0 Å². The van der Waals surface area contributed by atoms with Gasteiger partial charge in [-0.2, -0.15) is 0 Å². The van der Waals surface area contributed by atoms with E-state index in [1.54, 1.807) is 30.9 Å². The summed E-state index contributed by atoms with van der Waals surface area (Å²) in [4.78, 5) is 30.9. The number of nitrogens with zero attached hydrogens (tertiary/aromatic N) is 2. The summed E-state index contributed by atoms with van der Waals surface area (Å²) in [6.07, 6.45) is 2.85.